The average molecular weight is 342 g/mol. The predicted octanol–water partition coefficient (Wildman–Crippen LogP) is 2.02. The molecule has 0 aliphatic carbocycles. The Bertz CT molecular complexity index is 962. The molecule has 3 aromatic rings. The molecule has 0 spiro atoms. The van der Waals surface area contributed by atoms with Gasteiger partial charge in [-0.2, -0.15) is 4.52 Å². The number of H-pyrrole nitrogens is 1. The number of benzene rings is 1. The SMILES string of the molecule is CCCc1nc2nc[nH]n2c(=O)c1NC(=O)Nc1ccccc1OC. The Kier molecular flexibility index (Phi) is 4.64. The van der Waals surface area contributed by atoms with Crippen LogP contribution in [-0.2, 0) is 6.42 Å². The third kappa shape index (κ3) is 3.30. The largest absolute Gasteiger partial charge is 0.495 e. The van der Waals surface area contributed by atoms with Gasteiger partial charge in [-0.1, -0.05) is 25.5 Å². The van der Waals surface area contributed by atoms with E-state index in [1.165, 1.54) is 18.0 Å². The van der Waals surface area contributed by atoms with Gasteiger partial charge in [0.1, 0.15) is 17.8 Å². The van der Waals surface area contributed by atoms with Gasteiger partial charge in [0.15, 0.2) is 0 Å². The van der Waals surface area contributed by atoms with Crippen LogP contribution in [0.25, 0.3) is 5.78 Å². The lowest BCUT2D eigenvalue weighted by Crippen LogP contribution is -2.28. The molecule has 0 saturated carbocycles. The highest BCUT2D eigenvalue weighted by Crippen LogP contribution is 2.23. The average Bonchev–Trinajstić information content (AvgIpc) is 3.07. The first-order valence-electron chi connectivity index (χ1n) is 7.80. The van der Waals surface area contributed by atoms with E-state index in [4.69, 9.17) is 4.74 Å². The smallest absolute Gasteiger partial charge is 0.323 e. The number of hydrogen-bond donors (Lipinski definition) is 3. The molecule has 0 saturated heterocycles. The zero-order chi connectivity index (χ0) is 17.8. The number of ether oxygens (including phenoxy) is 1. The Morgan fingerprint density at radius 1 is 1.32 bits per heavy atom. The van der Waals surface area contributed by atoms with Crippen molar-refractivity contribution < 1.29 is 9.53 Å². The highest BCUT2D eigenvalue weighted by Gasteiger charge is 2.17. The maximum atomic E-state index is 12.6. The molecule has 0 aliphatic heterocycles. The summed E-state index contributed by atoms with van der Waals surface area (Å²) in [4.78, 5) is 33.3. The number of fused-ring (bicyclic) bond motifs is 1. The van der Waals surface area contributed by atoms with Gasteiger partial charge in [-0.3, -0.25) is 9.89 Å². The van der Waals surface area contributed by atoms with Crippen molar-refractivity contribution in [2.75, 3.05) is 17.7 Å². The number of carbonyl (C=O) groups excluding carboxylic acids is 1. The number of aryl methyl sites for hydroxylation is 1. The number of aromatic nitrogens is 4. The van der Waals surface area contributed by atoms with Crippen LogP contribution in [0, 0.1) is 0 Å². The fraction of sp³-hybridized carbons (Fsp3) is 0.250. The molecular formula is C16H18N6O3. The number of nitrogens with zero attached hydrogens (tertiary/aromatic N) is 3. The molecule has 130 valence electrons. The molecule has 0 atom stereocenters. The van der Waals surface area contributed by atoms with Crippen LogP contribution in [0.3, 0.4) is 0 Å². The molecule has 25 heavy (non-hydrogen) atoms. The number of nitrogens with one attached hydrogen (secondary N) is 3. The van der Waals surface area contributed by atoms with Gasteiger partial charge in [0.05, 0.1) is 18.5 Å². The van der Waals surface area contributed by atoms with Crippen molar-refractivity contribution in [1.82, 2.24) is 19.6 Å². The van der Waals surface area contributed by atoms with Crippen molar-refractivity contribution in [3.63, 3.8) is 0 Å². The van der Waals surface area contributed by atoms with Gasteiger partial charge < -0.3 is 15.4 Å². The summed E-state index contributed by atoms with van der Waals surface area (Å²) in [5, 5.41) is 7.95. The minimum absolute atomic E-state index is 0.121. The van der Waals surface area contributed by atoms with E-state index in [1.54, 1.807) is 24.3 Å². The maximum absolute atomic E-state index is 12.6. The van der Waals surface area contributed by atoms with Crippen LogP contribution < -0.4 is 20.9 Å². The topological polar surface area (TPSA) is 113 Å². The quantitative estimate of drug-likeness (QED) is 0.656. The molecule has 0 aliphatic rings. The second kappa shape index (κ2) is 7.04. The molecule has 2 aromatic heterocycles. The number of aromatic amines is 1. The third-order valence-electron chi connectivity index (χ3n) is 3.59. The van der Waals surface area contributed by atoms with Crippen LogP contribution in [0.1, 0.15) is 19.0 Å². The first kappa shape index (κ1) is 16.5. The predicted molar refractivity (Wildman–Crippen MR) is 93.2 cm³/mol. The summed E-state index contributed by atoms with van der Waals surface area (Å²) in [6, 6.07) is 6.44. The fourth-order valence-electron chi connectivity index (χ4n) is 2.46. The van der Waals surface area contributed by atoms with Crippen molar-refractivity contribution in [2.24, 2.45) is 0 Å². The molecule has 1 aromatic carbocycles. The summed E-state index contributed by atoms with van der Waals surface area (Å²) in [6.07, 6.45) is 2.69. The Hall–Kier alpha value is -3.36. The molecule has 0 unspecified atom stereocenters. The number of methoxy groups -OCH3 is 1. The number of urea groups is 1. The second-order valence-electron chi connectivity index (χ2n) is 5.29. The van der Waals surface area contributed by atoms with Crippen molar-refractivity contribution in [2.45, 2.75) is 19.8 Å². The molecule has 0 radical (unpaired) electrons. The van der Waals surface area contributed by atoms with E-state index >= 15 is 0 Å². The van der Waals surface area contributed by atoms with Crippen LogP contribution in [0.15, 0.2) is 35.4 Å². The van der Waals surface area contributed by atoms with E-state index in [0.717, 1.165) is 6.42 Å². The van der Waals surface area contributed by atoms with Crippen LogP contribution in [0.2, 0.25) is 0 Å². The summed E-state index contributed by atoms with van der Waals surface area (Å²) in [5.74, 6) is 0.787. The molecule has 2 heterocycles. The van der Waals surface area contributed by atoms with Gasteiger partial charge in [0.25, 0.3) is 11.3 Å². The fourth-order valence-corrected chi connectivity index (χ4v) is 2.46. The lowest BCUT2D eigenvalue weighted by atomic mass is 10.2. The maximum Gasteiger partial charge on any atom is 0.323 e. The van der Waals surface area contributed by atoms with Gasteiger partial charge >= 0.3 is 6.03 Å². The van der Waals surface area contributed by atoms with E-state index in [1.807, 2.05) is 6.92 Å². The lowest BCUT2D eigenvalue weighted by molar-refractivity contribution is 0.262. The van der Waals surface area contributed by atoms with E-state index in [9.17, 15) is 9.59 Å². The lowest BCUT2D eigenvalue weighted by Gasteiger charge is -2.12. The van der Waals surface area contributed by atoms with Crippen molar-refractivity contribution in [1.29, 1.82) is 0 Å². The monoisotopic (exact) mass is 342 g/mol. The molecule has 0 bridgehead atoms. The zero-order valence-corrected chi connectivity index (χ0v) is 13.9. The Labute approximate surface area is 143 Å². The van der Waals surface area contributed by atoms with Gasteiger partial charge in [-0.15, -0.1) is 0 Å². The molecular weight excluding hydrogens is 324 g/mol. The standard InChI is InChI=1S/C16H18N6O3/c1-3-6-11-13(14(23)22-15(19-11)17-9-18-22)21-16(24)20-10-7-4-5-8-12(10)25-2/h4-5,7-9H,3,6H2,1-2H3,(H,17,18,19)(H2,20,21,24). The van der Waals surface area contributed by atoms with Crippen LogP contribution in [0.4, 0.5) is 16.2 Å². The summed E-state index contributed by atoms with van der Waals surface area (Å²) in [7, 11) is 1.51. The van der Waals surface area contributed by atoms with Crippen LogP contribution in [-0.4, -0.2) is 32.7 Å². The van der Waals surface area contributed by atoms with Gasteiger partial charge in [0.2, 0.25) is 0 Å². The Balaban J connectivity index is 1.91. The number of hydrogen-bond acceptors (Lipinski definition) is 5. The number of para-hydroxylation sites is 2. The van der Waals surface area contributed by atoms with Gasteiger partial charge in [0, 0.05) is 0 Å². The van der Waals surface area contributed by atoms with Gasteiger partial charge in [-0.05, 0) is 18.6 Å². The number of anilines is 2. The van der Waals surface area contributed by atoms with E-state index < -0.39 is 11.6 Å². The Morgan fingerprint density at radius 3 is 2.88 bits per heavy atom. The minimum atomic E-state index is -0.555. The second-order valence-corrected chi connectivity index (χ2v) is 5.29. The molecule has 3 N–H and O–H groups in total. The first-order valence-corrected chi connectivity index (χ1v) is 7.80. The van der Waals surface area contributed by atoms with Crippen molar-refractivity contribution >= 4 is 23.2 Å². The first-order chi connectivity index (χ1) is 12.1. The summed E-state index contributed by atoms with van der Waals surface area (Å²) in [6.45, 7) is 1.97. The number of amides is 2. The van der Waals surface area contributed by atoms with E-state index in [-0.39, 0.29) is 11.5 Å². The van der Waals surface area contributed by atoms with Crippen molar-refractivity contribution in [3.8, 4) is 5.75 Å². The normalized spacial score (nSPS) is 10.6. The minimum Gasteiger partial charge on any atom is -0.495 e. The molecule has 2 amide bonds. The molecule has 0 fully saturated rings. The summed E-state index contributed by atoms with van der Waals surface area (Å²) >= 11 is 0. The third-order valence-corrected chi connectivity index (χ3v) is 3.59. The number of rotatable bonds is 5. The highest BCUT2D eigenvalue weighted by molar-refractivity contribution is 6.00. The Morgan fingerprint density at radius 2 is 2.12 bits per heavy atom. The van der Waals surface area contributed by atoms with E-state index in [0.29, 0.717) is 23.6 Å². The van der Waals surface area contributed by atoms with E-state index in [2.05, 4.69) is 25.7 Å². The van der Waals surface area contributed by atoms with Crippen LogP contribution in [0.5, 0.6) is 5.75 Å². The zero-order valence-electron chi connectivity index (χ0n) is 13.9. The van der Waals surface area contributed by atoms with Crippen LogP contribution >= 0.6 is 0 Å². The van der Waals surface area contributed by atoms with Crippen molar-refractivity contribution in [3.05, 3.63) is 46.6 Å². The molecule has 9 heteroatoms. The summed E-state index contributed by atoms with van der Waals surface area (Å²) < 4.78 is 6.37. The highest BCUT2D eigenvalue weighted by atomic mass is 16.5. The molecule has 9 nitrogen and oxygen atoms in total. The van der Waals surface area contributed by atoms with Gasteiger partial charge in [-0.25, -0.2) is 14.8 Å². The number of carbonyl (C=O) groups is 1. The molecule has 3 rings (SSSR count). The summed E-state index contributed by atoms with van der Waals surface area (Å²) in [5.41, 5.74) is 0.696.